The highest BCUT2D eigenvalue weighted by molar-refractivity contribution is 9.10. The highest BCUT2D eigenvalue weighted by atomic mass is 79.9. The Morgan fingerprint density at radius 1 is 1.12 bits per heavy atom. The molecule has 2 aromatic rings. The molecule has 1 atom stereocenters. The van der Waals surface area contributed by atoms with Gasteiger partial charge in [0.15, 0.2) is 0 Å². The number of benzene rings is 2. The van der Waals surface area contributed by atoms with Crippen molar-refractivity contribution in [2.24, 2.45) is 0 Å². The highest BCUT2D eigenvalue weighted by Crippen LogP contribution is 2.33. The molecular formula is C14H14BrN. The normalized spacial score (nSPS) is 20.4. The largest absolute Gasteiger partial charge is 0.310 e. The maximum Gasteiger partial charge on any atom is 0.0327 e. The molecule has 0 bridgehead atoms. The molecule has 16 heavy (non-hydrogen) atoms. The Morgan fingerprint density at radius 2 is 1.94 bits per heavy atom. The molecule has 1 saturated heterocycles. The molecule has 0 unspecified atom stereocenters. The first kappa shape index (κ1) is 10.3. The zero-order chi connectivity index (χ0) is 11.0. The molecule has 0 aromatic heterocycles. The summed E-state index contributed by atoms with van der Waals surface area (Å²) in [5.41, 5.74) is 1.43. The molecule has 2 heteroatoms. The lowest BCUT2D eigenvalue weighted by atomic mass is 9.98. The summed E-state index contributed by atoms with van der Waals surface area (Å²) in [5, 5.41) is 6.26. The average Bonchev–Trinajstić information content (AvgIpc) is 2.82. The van der Waals surface area contributed by atoms with Gasteiger partial charge in [0.1, 0.15) is 0 Å². The molecule has 82 valence electrons. The summed E-state index contributed by atoms with van der Waals surface area (Å²) in [6.07, 6.45) is 2.53. The zero-order valence-electron chi connectivity index (χ0n) is 9.04. The number of hydrogen-bond donors (Lipinski definition) is 1. The van der Waals surface area contributed by atoms with E-state index in [-0.39, 0.29) is 0 Å². The second kappa shape index (κ2) is 4.19. The van der Waals surface area contributed by atoms with Gasteiger partial charge >= 0.3 is 0 Å². The SMILES string of the molecule is Brc1cccc2cccc([C@@H]3CCCN3)c12. The van der Waals surface area contributed by atoms with Gasteiger partial charge in [-0.2, -0.15) is 0 Å². The molecule has 1 aliphatic rings. The average molecular weight is 276 g/mol. The molecular weight excluding hydrogens is 262 g/mol. The van der Waals surface area contributed by atoms with E-state index in [1.54, 1.807) is 0 Å². The predicted molar refractivity (Wildman–Crippen MR) is 71.6 cm³/mol. The van der Waals surface area contributed by atoms with Gasteiger partial charge in [0.2, 0.25) is 0 Å². The highest BCUT2D eigenvalue weighted by Gasteiger charge is 2.18. The van der Waals surface area contributed by atoms with Crippen molar-refractivity contribution < 1.29 is 0 Å². The van der Waals surface area contributed by atoms with Gasteiger partial charge in [-0.05, 0) is 36.4 Å². The van der Waals surface area contributed by atoms with Crippen LogP contribution in [0.5, 0.6) is 0 Å². The molecule has 0 saturated carbocycles. The summed E-state index contributed by atoms with van der Waals surface area (Å²) < 4.78 is 1.20. The van der Waals surface area contributed by atoms with E-state index in [4.69, 9.17) is 0 Å². The fourth-order valence-corrected chi connectivity index (χ4v) is 3.17. The number of rotatable bonds is 1. The van der Waals surface area contributed by atoms with Crippen LogP contribution in [0.4, 0.5) is 0 Å². The summed E-state index contributed by atoms with van der Waals surface area (Å²) in [5.74, 6) is 0. The van der Waals surface area contributed by atoms with E-state index < -0.39 is 0 Å². The van der Waals surface area contributed by atoms with Crippen LogP contribution in [0, 0.1) is 0 Å². The molecule has 1 nitrogen and oxygen atoms in total. The summed E-state index contributed by atoms with van der Waals surface area (Å²) in [7, 11) is 0. The fraction of sp³-hybridized carbons (Fsp3) is 0.286. The van der Waals surface area contributed by atoms with Gasteiger partial charge in [0, 0.05) is 15.9 Å². The number of halogens is 1. The molecule has 0 spiro atoms. The van der Waals surface area contributed by atoms with Crippen LogP contribution in [-0.4, -0.2) is 6.54 Å². The van der Waals surface area contributed by atoms with Crippen LogP contribution >= 0.6 is 15.9 Å². The molecule has 2 aromatic carbocycles. The van der Waals surface area contributed by atoms with Gasteiger partial charge in [0.25, 0.3) is 0 Å². The number of fused-ring (bicyclic) bond motifs is 1. The lowest BCUT2D eigenvalue weighted by Crippen LogP contribution is -2.13. The van der Waals surface area contributed by atoms with Crippen LogP contribution in [0.25, 0.3) is 10.8 Å². The Kier molecular flexibility index (Phi) is 2.70. The first-order chi connectivity index (χ1) is 7.86. The van der Waals surface area contributed by atoms with Crippen molar-refractivity contribution in [2.45, 2.75) is 18.9 Å². The molecule has 1 aliphatic heterocycles. The molecule has 1 heterocycles. The third-order valence-corrected chi connectivity index (χ3v) is 3.98. The third kappa shape index (κ3) is 1.66. The van der Waals surface area contributed by atoms with Gasteiger partial charge in [-0.3, -0.25) is 0 Å². The second-order valence-corrected chi connectivity index (χ2v) is 5.19. The quantitative estimate of drug-likeness (QED) is 0.829. The summed E-state index contributed by atoms with van der Waals surface area (Å²) >= 11 is 3.67. The van der Waals surface area contributed by atoms with E-state index in [1.807, 2.05) is 0 Å². The summed E-state index contributed by atoms with van der Waals surface area (Å²) in [6, 6.07) is 13.5. The minimum absolute atomic E-state index is 0.530. The van der Waals surface area contributed by atoms with Crippen molar-refractivity contribution in [1.82, 2.24) is 5.32 Å². The van der Waals surface area contributed by atoms with E-state index >= 15 is 0 Å². The van der Waals surface area contributed by atoms with Gasteiger partial charge in [-0.1, -0.05) is 46.3 Å². The maximum atomic E-state index is 3.67. The lowest BCUT2D eigenvalue weighted by molar-refractivity contribution is 0.652. The van der Waals surface area contributed by atoms with Gasteiger partial charge < -0.3 is 5.32 Å². The third-order valence-electron chi connectivity index (χ3n) is 3.32. The monoisotopic (exact) mass is 275 g/mol. The van der Waals surface area contributed by atoms with Crippen LogP contribution in [0.2, 0.25) is 0 Å². The van der Waals surface area contributed by atoms with E-state index in [2.05, 4.69) is 57.6 Å². The van der Waals surface area contributed by atoms with E-state index in [0.29, 0.717) is 6.04 Å². The van der Waals surface area contributed by atoms with E-state index in [0.717, 1.165) is 6.54 Å². The number of nitrogens with one attached hydrogen (secondary N) is 1. The Morgan fingerprint density at radius 3 is 2.69 bits per heavy atom. The molecule has 0 radical (unpaired) electrons. The fourth-order valence-electron chi connectivity index (χ4n) is 2.56. The van der Waals surface area contributed by atoms with Crippen molar-refractivity contribution in [3.05, 3.63) is 46.4 Å². The number of hydrogen-bond acceptors (Lipinski definition) is 1. The molecule has 0 amide bonds. The Bertz CT molecular complexity index is 510. The Hall–Kier alpha value is -0.860. The van der Waals surface area contributed by atoms with Crippen molar-refractivity contribution in [3.63, 3.8) is 0 Å². The lowest BCUT2D eigenvalue weighted by Gasteiger charge is -2.14. The van der Waals surface area contributed by atoms with E-state index in [1.165, 1.54) is 33.7 Å². The van der Waals surface area contributed by atoms with Gasteiger partial charge in [-0.15, -0.1) is 0 Å². The van der Waals surface area contributed by atoms with Crippen molar-refractivity contribution >= 4 is 26.7 Å². The van der Waals surface area contributed by atoms with Crippen molar-refractivity contribution in [1.29, 1.82) is 0 Å². The Balaban J connectivity index is 2.23. The molecule has 1 N–H and O–H groups in total. The van der Waals surface area contributed by atoms with Crippen LogP contribution in [0.3, 0.4) is 0 Å². The minimum atomic E-state index is 0.530. The minimum Gasteiger partial charge on any atom is -0.310 e. The standard InChI is InChI=1S/C14H14BrN/c15-12-7-2-5-10-4-1-6-11(14(10)12)13-8-3-9-16-13/h1-2,4-7,13,16H,3,8-9H2/t13-/m0/s1. The molecule has 3 rings (SSSR count). The van der Waals surface area contributed by atoms with Crippen LogP contribution < -0.4 is 5.32 Å². The smallest absolute Gasteiger partial charge is 0.0327 e. The van der Waals surface area contributed by atoms with E-state index in [9.17, 15) is 0 Å². The van der Waals surface area contributed by atoms with Crippen molar-refractivity contribution in [3.8, 4) is 0 Å². The first-order valence-electron chi connectivity index (χ1n) is 5.77. The topological polar surface area (TPSA) is 12.0 Å². The van der Waals surface area contributed by atoms with Crippen LogP contribution in [0.15, 0.2) is 40.9 Å². The summed E-state index contributed by atoms with van der Waals surface area (Å²) in [4.78, 5) is 0. The maximum absolute atomic E-state index is 3.67. The molecule has 0 aliphatic carbocycles. The van der Waals surface area contributed by atoms with Gasteiger partial charge in [0.05, 0.1) is 0 Å². The first-order valence-corrected chi connectivity index (χ1v) is 6.56. The van der Waals surface area contributed by atoms with Crippen molar-refractivity contribution in [2.75, 3.05) is 6.54 Å². The summed E-state index contributed by atoms with van der Waals surface area (Å²) in [6.45, 7) is 1.14. The van der Waals surface area contributed by atoms with Gasteiger partial charge in [-0.25, -0.2) is 0 Å². The molecule has 1 fully saturated rings. The zero-order valence-corrected chi connectivity index (χ0v) is 10.6. The van der Waals surface area contributed by atoms with Crippen LogP contribution in [0.1, 0.15) is 24.4 Å². The predicted octanol–water partition coefficient (Wildman–Crippen LogP) is 4.03. The second-order valence-electron chi connectivity index (χ2n) is 4.33. The van der Waals surface area contributed by atoms with Crippen LogP contribution in [-0.2, 0) is 0 Å². The Labute approximate surface area is 104 Å².